The molecule has 164 valence electrons. The van der Waals surface area contributed by atoms with Gasteiger partial charge in [-0.1, -0.05) is 24.3 Å². The van der Waals surface area contributed by atoms with Crippen molar-refractivity contribution >= 4 is 17.3 Å². The van der Waals surface area contributed by atoms with Crippen molar-refractivity contribution in [2.45, 2.75) is 32.5 Å². The number of hydrogen-bond donors (Lipinski definition) is 1. The zero-order chi connectivity index (χ0) is 22.3. The first-order valence-electron chi connectivity index (χ1n) is 10.2. The van der Waals surface area contributed by atoms with Gasteiger partial charge in [-0.15, -0.1) is 0 Å². The number of rotatable bonds is 10. The number of aliphatic carboxylic acids is 1. The average Bonchev–Trinajstić information content (AvgIpc) is 3.50. The molecule has 0 spiro atoms. The Balaban J connectivity index is 1.66. The monoisotopic (exact) mass is 449 g/mol. The minimum Gasteiger partial charge on any atom is -0.489 e. The van der Waals surface area contributed by atoms with Crippen LogP contribution in [-0.2, 0) is 11.4 Å². The van der Waals surface area contributed by atoms with Gasteiger partial charge >= 0.3 is 5.97 Å². The van der Waals surface area contributed by atoms with E-state index in [1.54, 1.807) is 23.6 Å². The molecule has 0 amide bonds. The van der Waals surface area contributed by atoms with Crippen molar-refractivity contribution in [3.63, 3.8) is 0 Å². The fourth-order valence-electron chi connectivity index (χ4n) is 3.40. The fourth-order valence-corrected chi connectivity index (χ4v) is 4.05. The van der Waals surface area contributed by atoms with Crippen LogP contribution in [0.5, 0.6) is 11.5 Å². The SMILES string of the molecule is Cc1ccccc1C(CCC(=O)O)Oc1cc(OCc2ccsc2)ccc1-c1ncco1. The molecule has 0 bridgehead atoms. The molecule has 0 aliphatic heterocycles. The fraction of sp³-hybridized carbons (Fsp3) is 0.200. The molecule has 1 atom stereocenters. The van der Waals surface area contributed by atoms with Crippen LogP contribution in [0, 0.1) is 6.92 Å². The van der Waals surface area contributed by atoms with E-state index >= 15 is 0 Å². The summed E-state index contributed by atoms with van der Waals surface area (Å²) >= 11 is 1.62. The summed E-state index contributed by atoms with van der Waals surface area (Å²) in [4.78, 5) is 15.5. The van der Waals surface area contributed by atoms with E-state index < -0.39 is 12.1 Å². The molecule has 1 N–H and O–H groups in total. The molecular formula is C25H23NO5S. The Hall–Kier alpha value is -3.58. The summed E-state index contributed by atoms with van der Waals surface area (Å²) in [5, 5.41) is 13.3. The van der Waals surface area contributed by atoms with Gasteiger partial charge in [0.25, 0.3) is 0 Å². The van der Waals surface area contributed by atoms with Crippen molar-refractivity contribution in [1.29, 1.82) is 0 Å². The summed E-state index contributed by atoms with van der Waals surface area (Å²) in [7, 11) is 0. The van der Waals surface area contributed by atoms with Crippen molar-refractivity contribution < 1.29 is 23.8 Å². The molecule has 1 unspecified atom stereocenters. The first-order chi connectivity index (χ1) is 15.6. The number of carboxylic acids is 1. The highest BCUT2D eigenvalue weighted by Crippen LogP contribution is 2.37. The normalized spacial score (nSPS) is 11.8. The molecule has 0 fully saturated rings. The van der Waals surface area contributed by atoms with E-state index in [1.165, 1.54) is 6.26 Å². The molecule has 4 rings (SSSR count). The van der Waals surface area contributed by atoms with Gasteiger partial charge in [-0.3, -0.25) is 4.79 Å². The average molecular weight is 450 g/mol. The highest BCUT2D eigenvalue weighted by molar-refractivity contribution is 7.07. The number of benzene rings is 2. The van der Waals surface area contributed by atoms with Crippen LogP contribution in [0.4, 0.5) is 0 Å². The number of nitrogens with zero attached hydrogens (tertiary/aromatic N) is 1. The molecule has 32 heavy (non-hydrogen) atoms. The third-order valence-corrected chi connectivity index (χ3v) is 5.76. The molecule has 2 heterocycles. The number of carboxylic acid groups (broad SMARTS) is 1. The Kier molecular flexibility index (Phi) is 6.87. The second-order valence-electron chi connectivity index (χ2n) is 7.31. The molecule has 2 aromatic carbocycles. The molecule has 6 nitrogen and oxygen atoms in total. The first-order valence-corrected chi connectivity index (χ1v) is 11.2. The van der Waals surface area contributed by atoms with Gasteiger partial charge in [-0.05, 0) is 59.0 Å². The van der Waals surface area contributed by atoms with Crippen LogP contribution >= 0.6 is 11.3 Å². The van der Waals surface area contributed by atoms with Gasteiger partial charge in [0.1, 0.15) is 30.5 Å². The van der Waals surface area contributed by atoms with Gasteiger partial charge in [0.05, 0.1) is 11.8 Å². The van der Waals surface area contributed by atoms with E-state index in [0.717, 1.165) is 16.7 Å². The van der Waals surface area contributed by atoms with Gasteiger partial charge in [0, 0.05) is 12.5 Å². The maximum absolute atomic E-state index is 11.3. The van der Waals surface area contributed by atoms with Crippen LogP contribution in [0.1, 0.15) is 35.6 Å². The summed E-state index contributed by atoms with van der Waals surface area (Å²) in [5.74, 6) is 0.719. The number of aromatic nitrogens is 1. The number of hydrogen-bond acceptors (Lipinski definition) is 6. The van der Waals surface area contributed by atoms with E-state index in [0.29, 0.717) is 36.0 Å². The predicted octanol–water partition coefficient (Wildman–Crippen LogP) is 6.28. The Morgan fingerprint density at radius 2 is 2.09 bits per heavy atom. The third-order valence-electron chi connectivity index (χ3n) is 5.03. The second-order valence-corrected chi connectivity index (χ2v) is 8.09. The van der Waals surface area contributed by atoms with Gasteiger partial charge in [0.2, 0.25) is 5.89 Å². The van der Waals surface area contributed by atoms with Crippen molar-refractivity contribution in [2.24, 2.45) is 0 Å². The van der Waals surface area contributed by atoms with Gasteiger partial charge < -0.3 is 19.0 Å². The van der Waals surface area contributed by atoms with Crippen LogP contribution in [0.25, 0.3) is 11.5 Å². The second kappa shape index (κ2) is 10.2. The van der Waals surface area contributed by atoms with E-state index in [-0.39, 0.29) is 6.42 Å². The Labute approximate surface area is 190 Å². The number of carbonyl (C=O) groups is 1. The van der Waals surface area contributed by atoms with Crippen molar-refractivity contribution in [2.75, 3.05) is 0 Å². The number of aryl methyl sites for hydroxylation is 1. The lowest BCUT2D eigenvalue weighted by molar-refractivity contribution is -0.137. The lowest BCUT2D eigenvalue weighted by atomic mass is 9.99. The van der Waals surface area contributed by atoms with Crippen molar-refractivity contribution in [3.05, 3.63) is 88.4 Å². The standard InChI is InChI=1S/C25H23NO5S/c1-17-4-2-3-5-20(17)22(8-9-24(27)28)31-23-14-19(30-15-18-10-13-32-16-18)6-7-21(23)25-26-11-12-29-25/h2-7,10-14,16,22H,8-9,15H2,1H3,(H,27,28). The summed E-state index contributed by atoms with van der Waals surface area (Å²) < 4.78 is 17.9. The number of ether oxygens (including phenoxy) is 2. The van der Waals surface area contributed by atoms with Crippen LogP contribution in [0.2, 0.25) is 0 Å². The molecule has 0 saturated heterocycles. The van der Waals surface area contributed by atoms with Crippen LogP contribution in [-0.4, -0.2) is 16.1 Å². The molecule has 7 heteroatoms. The van der Waals surface area contributed by atoms with Crippen molar-refractivity contribution in [3.8, 4) is 23.0 Å². The topological polar surface area (TPSA) is 81.8 Å². The van der Waals surface area contributed by atoms with E-state index in [9.17, 15) is 9.90 Å². The van der Waals surface area contributed by atoms with Gasteiger partial charge in [-0.2, -0.15) is 11.3 Å². The lowest BCUT2D eigenvalue weighted by Gasteiger charge is -2.22. The molecule has 2 aromatic heterocycles. The number of oxazole rings is 1. The molecule has 0 radical (unpaired) electrons. The predicted molar refractivity (Wildman–Crippen MR) is 122 cm³/mol. The first kappa shape index (κ1) is 21.6. The Bertz CT molecular complexity index is 1160. The van der Waals surface area contributed by atoms with Crippen LogP contribution in [0.3, 0.4) is 0 Å². The highest BCUT2D eigenvalue weighted by Gasteiger charge is 2.21. The van der Waals surface area contributed by atoms with Crippen molar-refractivity contribution in [1.82, 2.24) is 4.98 Å². The third kappa shape index (κ3) is 5.36. The minimum atomic E-state index is -0.868. The Morgan fingerprint density at radius 1 is 1.22 bits per heavy atom. The maximum atomic E-state index is 11.3. The zero-order valence-electron chi connectivity index (χ0n) is 17.6. The van der Waals surface area contributed by atoms with E-state index in [2.05, 4.69) is 4.98 Å². The highest BCUT2D eigenvalue weighted by atomic mass is 32.1. The summed E-state index contributed by atoms with van der Waals surface area (Å²) in [6.07, 6.45) is 2.94. The summed E-state index contributed by atoms with van der Waals surface area (Å²) in [5.41, 5.74) is 3.74. The van der Waals surface area contributed by atoms with Gasteiger partial charge in [0.15, 0.2) is 0 Å². The summed E-state index contributed by atoms with van der Waals surface area (Å²) in [6.45, 7) is 2.43. The zero-order valence-corrected chi connectivity index (χ0v) is 18.4. The molecule has 0 aliphatic rings. The minimum absolute atomic E-state index is 0.0122. The van der Waals surface area contributed by atoms with Gasteiger partial charge in [-0.25, -0.2) is 4.98 Å². The largest absolute Gasteiger partial charge is 0.489 e. The quantitative estimate of drug-likeness (QED) is 0.307. The molecule has 0 saturated carbocycles. The van der Waals surface area contributed by atoms with Crippen LogP contribution < -0.4 is 9.47 Å². The molecule has 0 aliphatic carbocycles. The Morgan fingerprint density at radius 3 is 2.81 bits per heavy atom. The smallest absolute Gasteiger partial charge is 0.303 e. The molecule has 4 aromatic rings. The van der Waals surface area contributed by atoms with E-state index in [1.807, 2.05) is 60.1 Å². The number of thiophene rings is 1. The van der Waals surface area contributed by atoms with E-state index in [4.69, 9.17) is 13.9 Å². The molecular weight excluding hydrogens is 426 g/mol. The lowest BCUT2D eigenvalue weighted by Crippen LogP contribution is -2.12. The maximum Gasteiger partial charge on any atom is 0.303 e. The van der Waals surface area contributed by atoms with Crippen LogP contribution in [0.15, 0.2) is 76.2 Å². The summed E-state index contributed by atoms with van der Waals surface area (Å²) in [6, 6.07) is 15.3.